The standard InChI is InChI=1S/C15H19NO2/c1-11(2)12-5-6-14(18-3)13(9-12)15(16-10-17)7-4-8-15/h5-6,9,11H,4,7-8H2,1-3H3. The van der Waals surface area contributed by atoms with Crippen molar-refractivity contribution in [3.05, 3.63) is 29.3 Å². The molecule has 0 saturated heterocycles. The minimum absolute atomic E-state index is 0.391. The molecular formula is C15H19NO2. The van der Waals surface area contributed by atoms with Gasteiger partial charge in [0, 0.05) is 5.56 Å². The molecule has 0 radical (unpaired) electrons. The lowest BCUT2D eigenvalue weighted by Gasteiger charge is -2.38. The molecule has 0 spiro atoms. The maximum Gasteiger partial charge on any atom is 0.235 e. The lowest BCUT2D eigenvalue weighted by molar-refractivity contribution is 0.246. The predicted octanol–water partition coefficient (Wildman–Crippen LogP) is 3.53. The fourth-order valence-corrected chi connectivity index (χ4v) is 2.49. The third kappa shape index (κ3) is 2.06. The summed E-state index contributed by atoms with van der Waals surface area (Å²) in [6.07, 6.45) is 4.63. The molecule has 1 aliphatic carbocycles. The molecular weight excluding hydrogens is 226 g/mol. The minimum atomic E-state index is -0.391. The summed E-state index contributed by atoms with van der Waals surface area (Å²) < 4.78 is 5.42. The fraction of sp³-hybridized carbons (Fsp3) is 0.533. The zero-order chi connectivity index (χ0) is 13.2. The van der Waals surface area contributed by atoms with Crippen LogP contribution >= 0.6 is 0 Å². The second kappa shape index (κ2) is 4.95. The lowest BCUT2D eigenvalue weighted by Crippen LogP contribution is -2.32. The van der Waals surface area contributed by atoms with Crippen LogP contribution < -0.4 is 4.74 Å². The molecule has 1 aliphatic rings. The number of ether oxygens (including phenoxy) is 1. The molecule has 0 bridgehead atoms. The van der Waals surface area contributed by atoms with Gasteiger partial charge in [0.2, 0.25) is 6.08 Å². The number of benzene rings is 1. The second-order valence-corrected chi connectivity index (χ2v) is 5.20. The number of hydrogen-bond donors (Lipinski definition) is 0. The van der Waals surface area contributed by atoms with E-state index in [-0.39, 0.29) is 0 Å². The summed E-state index contributed by atoms with van der Waals surface area (Å²) in [5, 5.41) is 0. The van der Waals surface area contributed by atoms with Crippen LogP contribution in [-0.4, -0.2) is 13.2 Å². The molecule has 1 aromatic carbocycles. The van der Waals surface area contributed by atoms with Crippen molar-refractivity contribution in [1.82, 2.24) is 0 Å². The summed E-state index contributed by atoms with van der Waals surface area (Å²) in [5.41, 5.74) is 1.89. The average Bonchev–Trinajstić information content (AvgIpc) is 2.33. The van der Waals surface area contributed by atoms with E-state index in [0.717, 1.165) is 30.6 Å². The van der Waals surface area contributed by atoms with Crippen LogP contribution in [0.5, 0.6) is 5.75 Å². The van der Waals surface area contributed by atoms with E-state index in [1.807, 2.05) is 6.07 Å². The van der Waals surface area contributed by atoms with Crippen LogP contribution in [0.25, 0.3) is 0 Å². The number of rotatable bonds is 4. The molecule has 0 amide bonds. The summed E-state index contributed by atoms with van der Waals surface area (Å²) >= 11 is 0. The number of isocyanates is 1. The van der Waals surface area contributed by atoms with E-state index in [2.05, 4.69) is 31.0 Å². The Hall–Kier alpha value is -1.60. The minimum Gasteiger partial charge on any atom is -0.496 e. The number of methoxy groups -OCH3 is 1. The summed E-state index contributed by atoms with van der Waals surface area (Å²) in [6, 6.07) is 6.18. The predicted molar refractivity (Wildman–Crippen MR) is 70.7 cm³/mol. The largest absolute Gasteiger partial charge is 0.496 e. The van der Waals surface area contributed by atoms with Crippen LogP contribution in [-0.2, 0) is 10.3 Å². The SMILES string of the molecule is COc1ccc(C(C)C)cc1C1(N=C=O)CCC1. The highest BCUT2D eigenvalue weighted by molar-refractivity contribution is 5.47. The zero-order valence-corrected chi connectivity index (χ0v) is 11.2. The Morgan fingerprint density at radius 2 is 2.11 bits per heavy atom. The lowest BCUT2D eigenvalue weighted by atomic mass is 9.71. The normalized spacial score (nSPS) is 16.9. The van der Waals surface area contributed by atoms with Gasteiger partial charge in [-0.2, -0.15) is 4.99 Å². The number of aliphatic imine (C=N–C) groups is 1. The Morgan fingerprint density at radius 1 is 1.39 bits per heavy atom. The Kier molecular flexibility index (Phi) is 3.53. The van der Waals surface area contributed by atoms with Crippen LogP contribution in [0.4, 0.5) is 0 Å². The van der Waals surface area contributed by atoms with E-state index < -0.39 is 5.54 Å². The highest BCUT2D eigenvalue weighted by Gasteiger charge is 2.41. The molecule has 0 N–H and O–H groups in total. The quantitative estimate of drug-likeness (QED) is 0.601. The topological polar surface area (TPSA) is 38.7 Å². The average molecular weight is 245 g/mol. The van der Waals surface area contributed by atoms with Crippen molar-refractivity contribution >= 4 is 6.08 Å². The van der Waals surface area contributed by atoms with Gasteiger partial charge in [-0.1, -0.05) is 19.9 Å². The van der Waals surface area contributed by atoms with Crippen molar-refractivity contribution in [1.29, 1.82) is 0 Å². The maximum atomic E-state index is 10.7. The first-order valence-electron chi connectivity index (χ1n) is 6.40. The molecule has 3 heteroatoms. The number of carbonyl (C=O) groups excluding carboxylic acids is 1. The van der Waals surface area contributed by atoms with Crippen molar-refractivity contribution in [2.75, 3.05) is 7.11 Å². The molecule has 0 atom stereocenters. The molecule has 2 rings (SSSR count). The summed E-state index contributed by atoms with van der Waals surface area (Å²) in [7, 11) is 1.66. The second-order valence-electron chi connectivity index (χ2n) is 5.20. The van der Waals surface area contributed by atoms with E-state index in [0.29, 0.717) is 5.92 Å². The maximum absolute atomic E-state index is 10.7. The first-order valence-corrected chi connectivity index (χ1v) is 6.40. The molecule has 18 heavy (non-hydrogen) atoms. The van der Waals surface area contributed by atoms with Crippen LogP contribution in [0, 0.1) is 0 Å². The van der Waals surface area contributed by atoms with Gasteiger partial charge in [0.05, 0.1) is 7.11 Å². The van der Waals surface area contributed by atoms with E-state index in [1.54, 1.807) is 13.2 Å². The summed E-state index contributed by atoms with van der Waals surface area (Å²) in [6.45, 7) is 4.31. The molecule has 0 unspecified atom stereocenters. The highest BCUT2D eigenvalue weighted by Crippen LogP contribution is 2.48. The van der Waals surface area contributed by atoms with Crippen molar-refractivity contribution in [3.8, 4) is 5.75 Å². The molecule has 96 valence electrons. The van der Waals surface area contributed by atoms with Crippen LogP contribution in [0.3, 0.4) is 0 Å². The van der Waals surface area contributed by atoms with Crippen LogP contribution in [0.2, 0.25) is 0 Å². The van der Waals surface area contributed by atoms with Crippen molar-refractivity contribution < 1.29 is 9.53 Å². The van der Waals surface area contributed by atoms with Gasteiger partial charge < -0.3 is 4.74 Å². The molecule has 0 heterocycles. The van der Waals surface area contributed by atoms with Crippen molar-refractivity contribution in [2.45, 2.75) is 44.6 Å². The first-order chi connectivity index (χ1) is 8.63. The van der Waals surface area contributed by atoms with Gasteiger partial charge >= 0.3 is 0 Å². The van der Waals surface area contributed by atoms with Gasteiger partial charge in [0.15, 0.2) is 0 Å². The smallest absolute Gasteiger partial charge is 0.235 e. The zero-order valence-electron chi connectivity index (χ0n) is 11.2. The van der Waals surface area contributed by atoms with E-state index in [1.165, 1.54) is 5.56 Å². The van der Waals surface area contributed by atoms with E-state index >= 15 is 0 Å². The molecule has 1 fully saturated rings. The van der Waals surface area contributed by atoms with Crippen LogP contribution in [0.15, 0.2) is 23.2 Å². The van der Waals surface area contributed by atoms with E-state index in [9.17, 15) is 4.79 Å². The number of hydrogen-bond acceptors (Lipinski definition) is 3. The summed E-state index contributed by atoms with van der Waals surface area (Å²) in [5.74, 6) is 1.27. The van der Waals surface area contributed by atoms with Crippen molar-refractivity contribution in [3.63, 3.8) is 0 Å². The molecule has 0 aromatic heterocycles. The Balaban J connectivity index is 2.52. The van der Waals surface area contributed by atoms with E-state index in [4.69, 9.17) is 4.74 Å². The fourth-order valence-electron chi connectivity index (χ4n) is 2.49. The molecule has 1 aromatic rings. The van der Waals surface area contributed by atoms with Crippen LogP contribution in [0.1, 0.15) is 50.2 Å². The third-order valence-electron chi connectivity index (χ3n) is 3.83. The Labute approximate surface area is 108 Å². The van der Waals surface area contributed by atoms with Gasteiger partial charge in [-0.3, -0.25) is 0 Å². The molecule has 1 saturated carbocycles. The van der Waals surface area contributed by atoms with Gasteiger partial charge in [0.25, 0.3) is 0 Å². The van der Waals surface area contributed by atoms with Gasteiger partial charge in [-0.15, -0.1) is 0 Å². The Bertz CT molecular complexity index is 483. The highest BCUT2D eigenvalue weighted by atomic mass is 16.5. The van der Waals surface area contributed by atoms with Crippen molar-refractivity contribution in [2.24, 2.45) is 4.99 Å². The van der Waals surface area contributed by atoms with Gasteiger partial charge in [0.1, 0.15) is 11.3 Å². The monoisotopic (exact) mass is 245 g/mol. The Morgan fingerprint density at radius 3 is 2.56 bits per heavy atom. The first kappa shape index (κ1) is 12.8. The summed E-state index contributed by atoms with van der Waals surface area (Å²) in [4.78, 5) is 14.7. The van der Waals surface area contributed by atoms with Gasteiger partial charge in [-0.05, 0) is 42.9 Å². The third-order valence-corrected chi connectivity index (χ3v) is 3.83. The number of nitrogens with zero attached hydrogens (tertiary/aromatic N) is 1. The molecule has 3 nitrogen and oxygen atoms in total. The van der Waals surface area contributed by atoms with Gasteiger partial charge in [-0.25, -0.2) is 4.79 Å². The molecule has 0 aliphatic heterocycles.